The maximum absolute atomic E-state index is 6.43. The van der Waals surface area contributed by atoms with Gasteiger partial charge in [-0.2, -0.15) is 0 Å². The van der Waals surface area contributed by atoms with E-state index in [1.807, 2.05) is 12.3 Å². The smallest absolute Gasteiger partial charge is 0.144 e. The maximum atomic E-state index is 6.43. The van der Waals surface area contributed by atoms with E-state index in [4.69, 9.17) is 9.40 Å². The maximum Gasteiger partial charge on any atom is 0.144 e. The molecule has 1 unspecified atom stereocenters. The van der Waals surface area contributed by atoms with E-state index < -0.39 is 8.07 Å². The van der Waals surface area contributed by atoms with Gasteiger partial charge in [-0.1, -0.05) is 64.2 Å². The van der Waals surface area contributed by atoms with Crippen LogP contribution in [0.5, 0.6) is 0 Å². The summed E-state index contributed by atoms with van der Waals surface area (Å²) in [6.45, 7) is 11.7. The van der Waals surface area contributed by atoms with E-state index in [0.29, 0.717) is 5.92 Å². The zero-order valence-electron chi connectivity index (χ0n) is 18.3. The summed E-state index contributed by atoms with van der Waals surface area (Å²) in [6, 6.07) is 17.4. The van der Waals surface area contributed by atoms with Gasteiger partial charge in [0.25, 0.3) is 0 Å². The Morgan fingerprint density at radius 2 is 1.79 bits per heavy atom. The first-order valence-electron chi connectivity index (χ1n) is 10.8. The van der Waals surface area contributed by atoms with Crippen LogP contribution in [0, 0.1) is 0 Å². The van der Waals surface area contributed by atoms with Crippen LogP contribution in [0.3, 0.4) is 0 Å². The Labute approximate surface area is 175 Å². The topological polar surface area (TPSA) is 26.0 Å². The molecule has 3 heteroatoms. The molecule has 0 fully saturated rings. The van der Waals surface area contributed by atoms with Crippen molar-refractivity contribution in [2.24, 2.45) is 0 Å². The highest BCUT2D eigenvalue weighted by Gasteiger charge is 2.24. The minimum Gasteiger partial charge on any atom is -0.455 e. The summed E-state index contributed by atoms with van der Waals surface area (Å²) in [4.78, 5) is 4.75. The molecule has 29 heavy (non-hydrogen) atoms. The van der Waals surface area contributed by atoms with Gasteiger partial charge in [-0.05, 0) is 53.8 Å². The van der Waals surface area contributed by atoms with Gasteiger partial charge < -0.3 is 4.42 Å². The molecule has 2 nitrogen and oxygen atoms in total. The SMILES string of the molecule is CCCC(CC)c1ccnc(-c2ccc([Si](C)(C)C)c3c2oc2ccccc23)c1. The van der Waals surface area contributed by atoms with Gasteiger partial charge in [0.1, 0.15) is 11.2 Å². The molecule has 2 aromatic heterocycles. The van der Waals surface area contributed by atoms with Crippen LogP contribution in [-0.4, -0.2) is 13.1 Å². The first kappa shape index (κ1) is 19.9. The third-order valence-electron chi connectivity index (χ3n) is 6.00. The summed E-state index contributed by atoms with van der Waals surface area (Å²) in [6.07, 6.45) is 5.54. The van der Waals surface area contributed by atoms with Crippen LogP contribution in [0.4, 0.5) is 0 Å². The molecule has 0 saturated carbocycles. The number of benzene rings is 2. The summed E-state index contributed by atoms with van der Waals surface area (Å²) in [5, 5.41) is 3.95. The van der Waals surface area contributed by atoms with Gasteiger partial charge in [0.15, 0.2) is 0 Å². The Bertz CT molecular complexity index is 1150. The summed E-state index contributed by atoms with van der Waals surface area (Å²) in [5.74, 6) is 0.592. The Balaban J connectivity index is 1.97. The lowest BCUT2D eigenvalue weighted by Gasteiger charge is -2.19. The van der Waals surface area contributed by atoms with E-state index in [1.54, 1.807) is 0 Å². The number of aromatic nitrogens is 1. The molecule has 0 bridgehead atoms. The number of furan rings is 1. The van der Waals surface area contributed by atoms with Gasteiger partial charge in [0.05, 0.1) is 13.8 Å². The Hall–Kier alpha value is -2.39. The number of rotatable bonds is 6. The summed E-state index contributed by atoms with van der Waals surface area (Å²) in [7, 11) is -1.53. The highest BCUT2D eigenvalue weighted by molar-refractivity contribution is 6.90. The van der Waals surface area contributed by atoms with Crippen LogP contribution >= 0.6 is 0 Å². The molecule has 0 aliphatic carbocycles. The van der Waals surface area contributed by atoms with E-state index in [-0.39, 0.29) is 0 Å². The van der Waals surface area contributed by atoms with E-state index >= 15 is 0 Å². The Kier molecular flexibility index (Phi) is 5.35. The van der Waals surface area contributed by atoms with Gasteiger partial charge in [-0.25, -0.2) is 0 Å². The second kappa shape index (κ2) is 7.79. The predicted octanol–water partition coefficient (Wildman–Crippen LogP) is 7.49. The molecule has 0 amide bonds. The minimum absolute atomic E-state index is 0.592. The van der Waals surface area contributed by atoms with Crippen LogP contribution < -0.4 is 5.19 Å². The van der Waals surface area contributed by atoms with Crippen molar-refractivity contribution >= 4 is 35.2 Å². The number of pyridine rings is 1. The number of fused-ring (bicyclic) bond motifs is 3. The lowest BCUT2D eigenvalue weighted by atomic mass is 9.91. The molecule has 150 valence electrons. The normalized spacial score (nSPS) is 13.3. The van der Waals surface area contributed by atoms with E-state index in [9.17, 15) is 0 Å². The summed E-state index contributed by atoms with van der Waals surface area (Å²) in [5.41, 5.74) is 5.45. The molecule has 4 aromatic rings. The van der Waals surface area contributed by atoms with Crippen molar-refractivity contribution < 1.29 is 4.42 Å². The van der Waals surface area contributed by atoms with Crippen LogP contribution in [0.2, 0.25) is 19.6 Å². The second-order valence-electron chi connectivity index (χ2n) is 9.08. The fourth-order valence-corrected chi connectivity index (χ4v) is 6.04. The van der Waals surface area contributed by atoms with Gasteiger partial charge in [0.2, 0.25) is 0 Å². The van der Waals surface area contributed by atoms with E-state index in [0.717, 1.165) is 28.8 Å². The van der Waals surface area contributed by atoms with Crippen LogP contribution in [0.15, 0.2) is 59.1 Å². The molecule has 4 rings (SSSR count). The average Bonchev–Trinajstić information content (AvgIpc) is 3.10. The van der Waals surface area contributed by atoms with E-state index in [2.05, 4.69) is 76.0 Å². The van der Waals surface area contributed by atoms with Crippen LogP contribution in [0.1, 0.15) is 44.6 Å². The van der Waals surface area contributed by atoms with Gasteiger partial charge in [-0.3, -0.25) is 4.98 Å². The average molecular weight is 402 g/mol. The zero-order chi connectivity index (χ0) is 20.6. The third-order valence-corrected chi connectivity index (χ3v) is 8.03. The molecule has 0 aliphatic rings. The lowest BCUT2D eigenvalue weighted by Crippen LogP contribution is -2.37. The molecule has 1 atom stereocenters. The minimum atomic E-state index is -1.53. The van der Waals surface area contributed by atoms with Crippen molar-refractivity contribution in [3.05, 3.63) is 60.3 Å². The van der Waals surface area contributed by atoms with Crippen molar-refractivity contribution in [3.63, 3.8) is 0 Å². The largest absolute Gasteiger partial charge is 0.455 e. The van der Waals surface area contributed by atoms with Crippen LogP contribution in [-0.2, 0) is 0 Å². The highest BCUT2D eigenvalue weighted by Crippen LogP contribution is 2.36. The van der Waals surface area contributed by atoms with Crippen molar-refractivity contribution in [3.8, 4) is 11.3 Å². The fraction of sp³-hybridized carbons (Fsp3) is 0.346. The molecule has 2 aromatic carbocycles. The molecule has 0 saturated heterocycles. The molecule has 0 N–H and O–H groups in total. The molecule has 0 radical (unpaired) electrons. The van der Waals surface area contributed by atoms with Crippen LogP contribution in [0.25, 0.3) is 33.2 Å². The van der Waals surface area contributed by atoms with Gasteiger partial charge in [-0.15, -0.1) is 0 Å². The van der Waals surface area contributed by atoms with Gasteiger partial charge >= 0.3 is 0 Å². The quantitative estimate of drug-likeness (QED) is 0.313. The monoisotopic (exact) mass is 401 g/mol. The fourth-order valence-electron chi connectivity index (χ4n) is 4.46. The predicted molar refractivity (Wildman–Crippen MR) is 128 cm³/mol. The molecule has 2 heterocycles. The molecule has 0 aliphatic heterocycles. The number of nitrogens with zero attached hydrogens (tertiary/aromatic N) is 1. The Morgan fingerprint density at radius 3 is 2.52 bits per heavy atom. The molecular weight excluding hydrogens is 370 g/mol. The number of hydrogen-bond donors (Lipinski definition) is 0. The Morgan fingerprint density at radius 1 is 1.00 bits per heavy atom. The first-order valence-corrected chi connectivity index (χ1v) is 14.3. The van der Waals surface area contributed by atoms with Crippen molar-refractivity contribution in [1.82, 2.24) is 4.98 Å². The first-order chi connectivity index (χ1) is 13.9. The third kappa shape index (κ3) is 3.64. The highest BCUT2D eigenvalue weighted by atomic mass is 28.3. The zero-order valence-corrected chi connectivity index (χ0v) is 19.3. The van der Waals surface area contributed by atoms with Crippen molar-refractivity contribution in [2.45, 2.75) is 58.7 Å². The summed E-state index contributed by atoms with van der Waals surface area (Å²) < 4.78 is 6.43. The summed E-state index contributed by atoms with van der Waals surface area (Å²) >= 11 is 0. The number of para-hydroxylation sites is 1. The molecule has 0 spiro atoms. The second-order valence-corrected chi connectivity index (χ2v) is 14.1. The van der Waals surface area contributed by atoms with Crippen molar-refractivity contribution in [1.29, 1.82) is 0 Å². The number of hydrogen-bond acceptors (Lipinski definition) is 2. The van der Waals surface area contributed by atoms with Crippen molar-refractivity contribution in [2.75, 3.05) is 0 Å². The van der Waals surface area contributed by atoms with Gasteiger partial charge in [0, 0.05) is 22.5 Å². The lowest BCUT2D eigenvalue weighted by molar-refractivity contribution is 0.595. The molecular formula is C26H31NOSi. The van der Waals surface area contributed by atoms with E-state index in [1.165, 1.54) is 34.4 Å². The standard InChI is InChI=1S/C26H31NOSi/c1-6-10-18(7-2)19-15-16-27-22(17-19)20-13-14-24(29(3,4)5)25-21-11-8-9-12-23(21)28-26(20)25/h8-9,11-18H,6-7,10H2,1-5H3.